The summed E-state index contributed by atoms with van der Waals surface area (Å²) in [6.45, 7) is 0.390. The third-order valence-corrected chi connectivity index (χ3v) is 5.61. The zero-order valence-corrected chi connectivity index (χ0v) is 12.5. The van der Waals surface area contributed by atoms with Gasteiger partial charge in [-0.1, -0.05) is 11.6 Å². The molecular weight excluding hydrogens is 304 g/mol. The highest BCUT2D eigenvalue weighted by atomic mass is 35.5. The van der Waals surface area contributed by atoms with E-state index in [0.29, 0.717) is 23.6 Å². The molecule has 6 nitrogen and oxygen atoms in total. The van der Waals surface area contributed by atoms with Gasteiger partial charge in [0.05, 0.1) is 16.4 Å². The second-order valence-corrected chi connectivity index (χ2v) is 7.64. The lowest BCUT2D eigenvalue weighted by Gasteiger charge is -2.23. The lowest BCUT2D eigenvalue weighted by atomic mass is 10.1. The maximum atomic E-state index is 11.5. The average Bonchev–Trinajstić information content (AvgIpc) is 2.72. The summed E-state index contributed by atoms with van der Waals surface area (Å²) in [4.78, 5) is 12.2. The number of halogens is 1. The third kappa shape index (κ3) is 3.47. The van der Waals surface area contributed by atoms with Crippen LogP contribution in [0.5, 0.6) is 0 Å². The van der Waals surface area contributed by atoms with Crippen molar-refractivity contribution >= 4 is 27.1 Å². The number of non-ortho nitro benzene ring substituents is 1. The van der Waals surface area contributed by atoms with Crippen LogP contribution < -0.4 is 0 Å². The molecule has 110 valence electrons. The monoisotopic (exact) mass is 318 g/mol. The van der Waals surface area contributed by atoms with E-state index in [1.165, 1.54) is 18.2 Å². The highest BCUT2D eigenvalue weighted by molar-refractivity contribution is 7.91. The van der Waals surface area contributed by atoms with Gasteiger partial charge >= 0.3 is 0 Å². The largest absolute Gasteiger partial charge is 0.298 e. The van der Waals surface area contributed by atoms with Crippen molar-refractivity contribution in [3.05, 3.63) is 38.9 Å². The molecule has 0 aliphatic carbocycles. The molecule has 1 fully saturated rings. The van der Waals surface area contributed by atoms with Crippen molar-refractivity contribution in [2.75, 3.05) is 18.6 Å². The van der Waals surface area contributed by atoms with Crippen LogP contribution >= 0.6 is 11.6 Å². The predicted molar refractivity (Wildman–Crippen MR) is 76.6 cm³/mol. The maximum Gasteiger partial charge on any atom is 0.269 e. The fraction of sp³-hybridized carbons (Fsp3) is 0.500. The predicted octanol–water partition coefficient (Wildman–Crippen LogP) is 1.87. The first-order chi connectivity index (χ1) is 9.28. The van der Waals surface area contributed by atoms with Crippen LogP contribution in [0.2, 0.25) is 5.02 Å². The van der Waals surface area contributed by atoms with Crippen LogP contribution in [-0.2, 0) is 16.4 Å². The average molecular weight is 319 g/mol. The van der Waals surface area contributed by atoms with Crippen LogP contribution in [0.4, 0.5) is 5.69 Å². The summed E-state index contributed by atoms with van der Waals surface area (Å²) in [5.41, 5.74) is 0.615. The van der Waals surface area contributed by atoms with Gasteiger partial charge in [-0.25, -0.2) is 8.42 Å². The van der Waals surface area contributed by atoms with Gasteiger partial charge in [0.2, 0.25) is 0 Å². The Hall–Kier alpha value is -1.18. The standard InChI is InChI=1S/C12H15ClN2O4S/c1-14(11-4-5-20(18,19)8-11)7-9-6-10(15(16)17)2-3-12(9)13/h2-3,6,11H,4-5,7-8H2,1H3. The number of benzene rings is 1. The molecule has 1 aliphatic heterocycles. The molecule has 0 amide bonds. The molecule has 1 aromatic rings. The number of hydrogen-bond donors (Lipinski definition) is 0. The Morgan fingerprint density at radius 3 is 2.75 bits per heavy atom. The molecule has 0 bridgehead atoms. The Labute approximate surface area is 122 Å². The number of nitrogens with zero attached hydrogens (tertiary/aromatic N) is 2. The zero-order chi connectivity index (χ0) is 14.9. The van der Waals surface area contributed by atoms with Gasteiger partial charge < -0.3 is 0 Å². The first-order valence-electron chi connectivity index (χ1n) is 6.12. The van der Waals surface area contributed by atoms with Crippen molar-refractivity contribution in [2.45, 2.75) is 19.0 Å². The highest BCUT2D eigenvalue weighted by Gasteiger charge is 2.30. The molecular formula is C12H15ClN2O4S. The molecule has 1 atom stereocenters. The third-order valence-electron chi connectivity index (χ3n) is 3.49. The molecule has 1 saturated heterocycles. The van der Waals surface area contributed by atoms with Gasteiger partial charge in [-0.15, -0.1) is 0 Å². The summed E-state index contributed by atoms with van der Waals surface area (Å²) in [7, 11) is -1.14. The van der Waals surface area contributed by atoms with E-state index in [1.807, 2.05) is 4.90 Å². The Kier molecular flexibility index (Phi) is 4.31. The Morgan fingerprint density at radius 2 is 2.20 bits per heavy atom. The van der Waals surface area contributed by atoms with Crippen molar-refractivity contribution in [2.24, 2.45) is 0 Å². The van der Waals surface area contributed by atoms with Crippen LogP contribution in [0, 0.1) is 10.1 Å². The Balaban J connectivity index is 2.13. The van der Waals surface area contributed by atoms with E-state index in [-0.39, 0.29) is 23.2 Å². The SMILES string of the molecule is CN(Cc1cc([N+](=O)[O-])ccc1Cl)C1CCS(=O)(=O)C1. The second kappa shape index (κ2) is 5.67. The zero-order valence-electron chi connectivity index (χ0n) is 11.0. The molecule has 0 spiro atoms. The van der Waals surface area contributed by atoms with Crippen LogP contribution in [0.25, 0.3) is 0 Å². The molecule has 8 heteroatoms. The quantitative estimate of drug-likeness (QED) is 0.625. The van der Waals surface area contributed by atoms with Crippen molar-refractivity contribution in [3.8, 4) is 0 Å². The molecule has 20 heavy (non-hydrogen) atoms. The van der Waals surface area contributed by atoms with Gasteiger partial charge in [-0.05, 0) is 25.1 Å². The van der Waals surface area contributed by atoms with E-state index < -0.39 is 14.8 Å². The van der Waals surface area contributed by atoms with E-state index in [1.54, 1.807) is 7.05 Å². The minimum atomic E-state index is -2.95. The molecule has 0 N–H and O–H groups in total. The van der Waals surface area contributed by atoms with E-state index in [2.05, 4.69) is 0 Å². The summed E-state index contributed by atoms with van der Waals surface area (Å²) in [6.07, 6.45) is 0.589. The molecule has 1 unspecified atom stereocenters. The van der Waals surface area contributed by atoms with Gasteiger partial charge in [0.25, 0.3) is 5.69 Å². The van der Waals surface area contributed by atoms with E-state index in [4.69, 9.17) is 11.6 Å². The normalized spacial score (nSPS) is 21.2. The molecule has 0 saturated carbocycles. The molecule has 2 rings (SSSR count). The second-order valence-electron chi connectivity index (χ2n) is 5.00. The molecule has 0 aromatic heterocycles. The number of rotatable bonds is 4. The Bertz CT molecular complexity index is 632. The van der Waals surface area contributed by atoms with E-state index in [9.17, 15) is 18.5 Å². The van der Waals surface area contributed by atoms with Gasteiger partial charge in [-0.2, -0.15) is 0 Å². The smallest absolute Gasteiger partial charge is 0.269 e. The fourth-order valence-corrected chi connectivity index (χ4v) is 4.30. The van der Waals surface area contributed by atoms with Crippen LogP contribution in [0.1, 0.15) is 12.0 Å². The lowest BCUT2D eigenvalue weighted by Crippen LogP contribution is -2.32. The molecule has 1 aromatic carbocycles. The summed E-state index contributed by atoms with van der Waals surface area (Å²) >= 11 is 6.04. The summed E-state index contributed by atoms with van der Waals surface area (Å²) in [6, 6.07) is 4.22. The summed E-state index contributed by atoms with van der Waals surface area (Å²) in [5.74, 6) is 0.334. The summed E-state index contributed by atoms with van der Waals surface area (Å²) in [5, 5.41) is 11.2. The minimum absolute atomic E-state index is 0.0168. The van der Waals surface area contributed by atoms with Crippen molar-refractivity contribution < 1.29 is 13.3 Å². The minimum Gasteiger partial charge on any atom is -0.298 e. The Morgan fingerprint density at radius 1 is 1.50 bits per heavy atom. The number of nitro groups is 1. The topological polar surface area (TPSA) is 80.5 Å². The molecule has 0 radical (unpaired) electrons. The van der Waals surface area contributed by atoms with Crippen molar-refractivity contribution in [1.82, 2.24) is 4.90 Å². The number of hydrogen-bond acceptors (Lipinski definition) is 5. The van der Waals surface area contributed by atoms with Crippen LogP contribution in [0.3, 0.4) is 0 Å². The molecule has 1 heterocycles. The first-order valence-corrected chi connectivity index (χ1v) is 8.32. The first kappa shape index (κ1) is 15.2. The maximum absolute atomic E-state index is 11.5. The van der Waals surface area contributed by atoms with E-state index >= 15 is 0 Å². The van der Waals surface area contributed by atoms with Crippen molar-refractivity contribution in [1.29, 1.82) is 0 Å². The van der Waals surface area contributed by atoms with Crippen LogP contribution in [-0.4, -0.2) is 42.8 Å². The summed E-state index contributed by atoms with van der Waals surface area (Å²) < 4.78 is 22.9. The van der Waals surface area contributed by atoms with E-state index in [0.717, 1.165) is 0 Å². The van der Waals surface area contributed by atoms with Gasteiger partial charge in [0, 0.05) is 29.7 Å². The highest BCUT2D eigenvalue weighted by Crippen LogP contribution is 2.25. The lowest BCUT2D eigenvalue weighted by molar-refractivity contribution is -0.384. The fourth-order valence-electron chi connectivity index (χ4n) is 2.32. The van der Waals surface area contributed by atoms with Gasteiger partial charge in [0.15, 0.2) is 9.84 Å². The van der Waals surface area contributed by atoms with Gasteiger partial charge in [-0.3, -0.25) is 15.0 Å². The van der Waals surface area contributed by atoms with Crippen molar-refractivity contribution in [3.63, 3.8) is 0 Å². The molecule has 1 aliphatic rings. The van der Waals surface area contributed by atoms with Crippen LogP contribution in [0.15, 0.2) is 18.2 Å². The number of sulfone groups is 1. The van der Waals surface area contributed by atoms with Gasteiger partial charge in [0.1, 0.15) is 0 Å². The number of nitro benzene ring substituents is 1.